The maximum absolute atomic E-state index is 11.7. The molecule has 0 bridgehead atoms. The van der Waals surface area contributed by atoms with Crippen LogP contribution in [0.4, 0.5) is 5.82 Å². The zero-order valence-corrected chi connectivity index (χ0v) is 11.9. The molecule has 0 unspecified atom stereocenters. The number of rotatable bonds is 5. The quantitative estimate of drug-likeness (QED) is 0.825. The fourth-order valence-electron chi connectivity index (χ4n) is 2.50. The Morgan fingerprint density at radius 3 is 3.33 bits per heavy atom. The first-order valence-corrected chi connectivity index (χ1v) is 7.04. The molecule has 0 radical (unpaired) electrons. The predicted octanol–water partition coefficient (Wildman–Crippen LogP) is -0.144. The number of amides is 1. The summed E-state index contributed by atoms with van der Waals surface area (Å²) in [7, 11) is 0. The molecule has 1 aliphatic heterocycles. The van der Waals surface area contributed by atoms with Crippen LogP contribution in [0.1, 0.15) is 13.3 Å². The Bertz CT molecular complexity index is 628. The van der Waals surface area contributed by atoms with Gasteiger partial charge in [-0.05, 0) is 13.3 Å². The third-order valence-electron chi connectivity index (χ3n) is 3.49. The van der Waals surface area contributed by atoms with Gasteiger partial charge in [0, 0.05) is 38.1 Å². The molecule has 0 aliphatic carbocycles. The zero-order valence-electron chi connectivity index (χ0n) is 11.9. The maximum Gasteiger partial charge on any atom is 0.246 e. The molecule has 1 fully saturated rings. The van der Waals surface area contributed by atoms with E-state index in [2.05, 4.69) is 25.4 Å². The molecular formula is C13H18N6O2. The number of fused-ring (bicyclic) bond motifs is 1. The molecule has 0 spiro atoms. The number of ether oxygens (including phenoxy) is 1. The Morgan fingerprint density at radius 2 is 2.48 bits per heavy atom. The number of aromatic nitrogens is 4. The highest BCUT2D eigenvalue weighted by atomic mass is 16.5. The normalized spacial score (nSPS) is 18.3. The minimum atomic E-state index is -0.0719. The molecule has 1 amide bonds. The van der Waals surface area contributed by atoms with Crippen molar-refractivity contribution in [1.82, 2.24) is 24.9 Å². The highest BCUT2D eigenvalue weighted by Crippen LogP contribution is 2.21. The van der Waals surface area contributed by atoms with Gasteiger partial charge in [-0.25, -0.2) is 4.98 Å². The van der Waals surface area contributed by atoms with Crippen molar-refractivity contribution in [2.24, 2.45) is 0 Å². The Kier molecular flexibility index (Phi) is 3.96. The smallest absolute Gasteiger partial charge is 0.246 e. The van der Waals surface area contributed by atoms with Gasteiger partial charge in [0.25, 0.3) is 0 Å². The average Bonchev–Trinajstić information content (AvgIpc) is 3.13. The van der Waals surface area contributed by atoms with Crippen molar-refractivity contribution in [2.75, 3.05) is 31.2 Å². The molecule has 0 saturated carbocycles. The molecule has 8 heteroatoms. The lowest BCUT2D eigenvalue weighted by Crippen LogP contribution is -2.39. The molecule has 1 saturated heterocycles. The number of nitrogens with zero attached hydrogens (tertiary/aromatic N) is 5. The van der Waals surface area contributed by atoms with E-state index in [4.69, 9.17) is 4.74 Å². The fraction of sp³-hybridized carbons (Fsp3) is 0.538. The predicted molar refractivity (Wildman–Crippen MR) is 76.0 cm³/mol. The third kappa shape index (κ3) is 2.94. The van der Waals surface area contributed by atoms with Gasteiger partial charge in [-0.2, -0.15) is 0 Å². The number of nitrogens with one attached hydrogen (secondary N) is 1. The fourth-order valence-corrected chi connectivity index (χ4v) is 2.50. The lowest BCUT2D eigenvalue weighted by atomic mass is 10.2. The average molecular weight is 290 g/mol. The lowest BCUT2D eigenvalue weighted by Gasteiger charge is -2.18. The second-order valence-electron chi connectivity index (χ2n) is 4.95. The van der Waals surface area contributed by atoms with Gasteiger partial charge < -0.3 is 15.0 Å². The van der Waals surface area contributed by atoms with E-state index in [1.165, 1.54) is 0 Å². The van der Waals surface area contributed by atoms with Crippen molar-refractivity contribution in [1.29, 1.82) is 0 Å². The number of carbonyl (C=O) groups is 1. The van der Waals surface area contributed by atoms with Gasteiger partial charge in [0.15, 0.2) is 5.82 Å². The summed E-state index contributed by atoms with van der Waals surface area (Å²) in [6.07, 6.45) is 6.08. The second-order valence-corrected chi connectivity index (χ2v) is 4.95. The van der Waals surface area contributed by atoms with Gasteiger partial charge in [-0.3, -0.25) is 9.20 Å². The molecule has 3 heterocycles. The van der Waals surface area contributed by atoms with Crippen LogP contribution >= 0.6 is 0 Å². The van der Waals surface area contributed by atoms with Crippen molar-refractivity contribution in [3.05, 3.63) is 18.7 Å². The number of hydrogen-bond donors (Lipinski definition) is 1. The lowest BCUT2D eigenvalue weighted by molar-refractivity contribution is -0.126. The van der Waals surface area contributed by atoms with Gasteiger partial charge in [-0.1, -0.05) is 0 Å². The van der Waals surface area contributed by atoms with Crippen LogP contribution < -0.4 is 10.2 Å². The Labute approximate surface area is 122 Å². The largest absolute Gasteiger partial charge is 0.372 e. The van der Waals surface area contributed by atoms with Gasteiger partial charge in [0.2, 0.25) is 11.6 Å². The SMILES string of the molecule is CCOCC(=O)N[C@H]1CCN(c2nccn3cnnc23)C1. The molecule has 21 heavy (non-hydrogen) atoms. The standard InChI is InChI=1S/C13H18N6O2/c1-2-21-8-11(20)16-10-3-5-18(7-10)12-13-17-15-9-19(13)6-4-14-12/h4,6,9-10H,2-3,5,7-8H2,1H3,(H,16,20)/t10-/m0/s1. The number of hydrogen-bond acceptors (Lipinski definition) is 6. The van der Waals surface area contributed by atoms with Crippen LogP contribution in [-0.2, 0) is 9.53 Å². The van der Waals surface area contributed by atoms with E-state index in [1.54, 1.807) is 12.5 Å². The van der Waals surface area contributed by atoms with Crippen LogP contribution in [0.25, 0.3) is 5.65 Å². The Hall–Kier alpha value is -2.22. The van der Waals surface area contributed by atoms with Crippen LogP contribution in [0.5, 0.6) is 0 Å². The first-order valence-electron chi connectivity index (χ1n) is 7.04. The minimum Gasteiger partial charge on any atom is -0.372 e. The monoisotopic (exact) mass is 290 g/mol. The van der Waals surface area contributed by atoms with Gasteiger partial charge >= 0.3 is 0 Å². The summed E-state index contributed by atoms with van der Waals surface area (Å²) in [6.45, 7) is 4.08. The Balaban J connectivity index is 1.64. The molecule has 1 aliphatic rings. The molecule has 0 aromatic carbocycles. The molecule has 2 aromatic rings. The summed E-state index contributed by atoms with van der Waals surface area (Å²) < 4.78 is 6.94. The molecule has 3 rings (SSSR count). The minimum absolute atomic E-state index is 0.0719. The third-order valence-corrected chi connectivity index (χ3v) is 3.49. The number of carbonyl (C=O) groups excluding carboxylic acids is 1. The van der Waals surface area contributed by atoms with Gasteiger partial charge in [0.1, 0.15) is 12.9 Å². The van der Waals surface area contributed by atoms with E-state index >= 15 is 0 Å². The van der Waals surface area contributed by atoms with E-state index in [0.717, 1.165) is 31.0 Å². The second kappa shape index (κ2) is 6.04. The summed E-state index contributed by atoms with van der Waals surface area (Å²) in [4.78, 5) is 18.2. The van der Waals surface area contributed by atoms with Crippen molar-refractivity contribution >= 4 is 17.4 Å². The van der Waals surface area contributed by atoms with Crippen LogP contribution in [-0.4, -0.2) is 57.8 Å². The van der Waals surface area contributed by atoms with E-state index in [-0.39, 0.29) is 18.6 Å². The van der Waals surface area contributed by atoms with Crippen LogP contribution in [0, 0.1) is 0 Å². The van der Waals surface area contributed by atoms with Crippen LogP contribution in [0.3, 0.4) is 0 Å². The Morgan fingerprint density at radius 1 is 1.57 bits per heavy atom. The van der Waals surface area contributed by atoms with E-state index in [0.29, 0.717) is 6.61 Å². The summed E-state index contributed by atoms with van der Waals surface area (Å²) in [5.41, 5.74) is 0.735. The summed E-state index contributed by atoms with van der Waals surface area (Å²) in [5, 5.41) is 11.0. The first-order chi connectivity index (χ1) is 10.3. The molecule has 1 atom stereocenters. The van der Waals surface area contributed by atoms with E-state index in [9.17, 15) is 4.79 Å². The topological polar surface area (TPSA) is 84.7 Å². The molecule has 112 valence electrons. The van der Waals surface area contributed by atoms with Crippen molar-refractivity contribution in [3.63, 3.8) is 0 Å². The van der Waals surface area contributed by atoms with Crippen molar-refractivity contribution < 1.29 is 9.53 Å². The van der Waals surface area contributed by atoms with Crippen LogP contribution in [0.2, 0.25) is 0 Å². The highest BCUT2D eigenvalue weighted by Gasteiger charge is 2.26. The van der Waals surface area contributed by atoms with Crippen molar-refractivity contribution in [3.8, 4) is 0 Å². The molecule has 2 aromatic heterocycles. The molecular weight excluding hydrogens is 272 g/mol. The first kappa shape index (κ1) is 13.7. The molecule has 1 N–H and O–H groups in total. The van der Waals surface area contributed by atoms with Crippen LogP contribution in [0.15, 0.2) is 18.7 Å². The summed E-state index contributed by atoms with van der Waals surface area (Å²) in [5.74, 6) is 0.730. The van der Waals surface area contributed by atoms with Gasteiger partial charge in [0.05, 0.1) is 0 Å². The van der Waals surface area contributed by atoms with E-state index in [1.807, 2.05) is 17.5 Å². The van der Waals surface area contributed by atoms with Crippen molar-refractivity contribution in [2.45, 2.75) is 19.4 Å². The highest BCUT2D eigenvalue weighted by molar-refractivity contribution is 5.77. The number of anilines is 1. The maximum atomic E-state index is 11.7. The summed E-state index contributed by atoms with van der Waals surface area (Å²) in [6, 6.07) is 0.114. The van der Waals surface area contributed by atoms with E-state index < -0.39 is 0 Å². The zero-order chi connectivity index (χ0) is 14.7. The summed E-state index contributed by atoms with van der Waals surface area (Å²) >= 11 is 0. The van der Waals surface area contributed by atoms with Gasteiger partial charge in [-0.15, -0.1) is 10.2 Å². The molecule has 8 nitrogen and oxygen atoms in total.